The topological polar surface area (TPSA) is 102 Å². The first-order chi connectivity index (χ1) is 20.8. The maximum atomic E-state index is 12.9. The molecule has 0 spiro atoms. The van der Waals surface area contributed by atoms with Crippen molar-refractivity contribution < 1.29 is 28.1 Å². The van der Waals surface area contributed by atoms with Gasteiger partial charge >= 0.3 is 11.9 Å². The highest BCUT2D eigenvalue weighted by atomic mass is 32.2. The first-order valence-electron chi connectivity index (χ1n) is 13.7. The molecular weight excluding hydrogens is 564 g/mol. The third kappa shape index (κ3) is 9.42. The molecule has 0 heterocycles. The van der Waals surface area contributed by atoms with Crippen molar-refractivity contribution in [2.45, 2.75) is 37.5 Å². The van der Waals surface area contributed by atoms with Crippen molar-refractivity contribution in [1.29, 1.82) is 0 Å². The Morgan fingerprint density at radius 3 is 1.93 bits per heavy atom. The van der Waals surface area contributed by atoms with Crippen molar-refractivity contribution in [3.8, 4) is 11.8 Å². The summed E-state index contributed by atoms with van der Waals surface area (Å²) in [6, 6.07) is 26.3. The molecule has 0 aliphatic carbocycles. The summed E-state index contributed by atoms with van der Waals surface area (Å²) in [5.74, 6) is 4.24. The average Bonchev–Trinajstić information content (AvgIpc) is 3.04. The number of hydrogen-bond donors (Lipinski definition) is 1. The number of para-hydroxylation sites is 2. The minimum Gasteiger partial charge on any atom is -0.468 e. The number of methoxy groups -OCH3 is 2. The number of benzene rings is 3. The Morgan fingerprint density at radius 2 is 1.40 bits per heavy atom. The number of nitrogens with zero attached hydrogens (tertiary/aromatic N) is 1. The largest absolute Gasteiger partial charge is 0.468 e. The van der Waals surface area contributed by atoms with Crippen LogP contribution in [-0.4, -0.2) is 42.0 Å². The van der Waals surface area contributed by atoms with Gasteiger partial charge in [-0.25, -0.2) is 0 Å². The second-order valence-corrected chi connectivity index (χ2v) is 11.2. The van der Waals surface area contributed by atoms with E-state index in [0.717, 1.165) is 21.8 Å². The Labute approximate surface area is 255 Å². The predicted octanol–water partition coefficient (Wildman–Crippen LogP) is 5.42. The lowest BCUT2D eigenvalue weighted by Gasteiger charge is -2.25. The zero-order valence-electron chi connectivity index (χ0n) is 24.6. The molecular formula is C34H36N2O6S. The fraction of sp³-hybridized carbons (Fsp3) is 0.265. The van der Waals surface area contributed by atoms with Crippen LogP contribution < -0.4 is 10.4 Å². The van der Waals surface area contributed by atoms with E-state index < -0.39 is 28.2 Å². The van der Waals surface area contributed by atoms with Crippen LogP contribution in [0, 0.1) is 24.2 Å². The molecule has 3 rings (SSSR count). The van der Waals surface area contributed by atoms with E-state index in [1.807, 2.05) is 91.9 Å². The molecule has 43 heavy (non-hydrogen) atoms. The zero-order valence-corrected chi connectivity index (χ0v) is 25.4. The number of ether oxygens (including phenoxy) is 2. The summed E-state index contributed by atoms with van der Waals surface area (Å²) in [6.07, 6.45) is 3.24. The number of nitrogens with one attached hydrogen (secondary N) is 1. The van der Waals surface area contributed by atoms with E-state index in [9.17, 15) is 18.6 Å². The molecule has 0 saturated heterocycles. The van der Waals surface area contributed by atoms with Crippen molar-refractivity contribution in [3.05, 3.63) is 103 Å². The van der Waals surface area contributed by atoms with Crippen LogP contribution in [0.3, 0.4) is 0 Å². The Morgan fingerprint density at radius 1 is 0.837 bits per heavy atom. The van der Waals surface area contributed by atoms with Crippen LogP contribution in [0.1, 0.15) is 31.2 Å². The summed E-state index contributed by atoms with van der Waals surface area (Å²) in [6.45, 7) is 1.96. The monoisotopic (exact) mass is 600 g/mol. The lowest BCUT2D eigenvalue weighted by atomic mass is 9.81. The molecule has 0 fully saturated rings. The van der Waals surface area contributed by atoms with Gasteiger partial charge in [0.15, 0.2) is 5.41 Å². The van der Waals surface area contributed by atoms with E-state index >= 15 is 0 Å². The smallest absolute Gasteiger partial charge is 0.324 e. The molecule has 1 atom stereocenters. The summed E-state index contributed by atoms with van der Waals surface area (Å²) < 4.78 is 22.4. The Hall–Kier alpha value is -4.68. The number of hydrazine groups is 1. The van der Waals surface area contributed by atoms with Crippen molar-refractivity contribution in [1.82, 2.24) is 5.43 Å². The van der Waals surface area contributed by atoms with Gasteiger partial charge in [0, 0.05) is 29.9 Å². The van der Waals surface area contributed by atoms with Gasteiger partial charge in [-0.05, 0) is 49.7 Å². The molecule has 0 radical (unpaired) electrons. The van der Waals surface area contributed by atoms with E-state index in [-0.39, 0.29) is 25.2 Å². The van der Waals surface area contributed by atoms with Crippen molar-refractivity contribution in [3.63, 3.8) is 0 Å². The molecule has 224 valence electrons. The van der Waals surface area contributed by atoms with Crippen LogP contribution >= 0.6 is 0 Å². The van der Waals surface area contributed by atoms with Crippen LogP contribution in [0.25, 0.3) is 0 Å². The number of rotatable bonds is 13. The first kappa shape index (κ1) is 32.8. The third-order valence-electron chi connectivity index (χ3n) is 6.57. The molecule has 0 aromatic heterocycles. The summed E-state index contributed by atoms with van der Waals surface area (Å²) in [5.41, 5.74) is 3.83. The van der Waals surface area contributed by atoms with Crippen LogP contribution in [0.15, 0.2) is 102 Å². The fourth-order valence-electron chi connectivity index (χ4n) is 4.19. The van der Waals surface area contributed by atoms with Crippen molar-refractivity contribution in [2.75, 3.05) is 25.0 Å². The Bertz CT molecular complexity index is 1420. The molecule has 0 saturated carbocycles. The number of anilines is 2. The highest BCUT2D eigenvalue weighted by Gasteiger charge is 2.47. The number of carbonyl (C=O) groups excluding carboxylic acids is 3. The highest BCUT2D eigenvalue weighted by molar-refractivity contribution is 7.85. The zero-order chi connectivity index (χ0) is 31.1. The lowest BCUT2D eigenvalue weighted by Crippen LogP contribution is -2.40. The van der Waals surface area contributed by atoms with Gasteiger partial charge in [-0.3, -0.25) is 29.0 Å². The lowest BCUT2D eigenvalue weighted by molar-refractivity contribution is -0.168. The maximum Gasteiger partial charge on any atom is 0.324 e. The molecule has 1 amide bonds. The van der Waals surface area contributed by atoms with E-state index in [0.29, 0.717) is 12.2 Å². The number of amides is 1. The van der Waals surface area contributed by atoms with Crippen LogP contribution in [0.2, 0.25) is 0 Å². The van der Waals surface area contributed by atoms with Gasteiger partial charge < -0.3 is 9.47 Å². The van der Waals surface area contributed by atoms with Gasteiger partial charge in [0.05, 0.1) is 36.4 Å². The minimum absolute atomic E-state index is 0.00883. The quantitative estimate of drug-likeness (QED) is 0.0919. The van der Waals surface area contributed by atoms with Crippen LogP contribution in [-0.2, 0) is 34.7 Å². The number of hydrogen-bond acceptors (Lipinski definition) is 7. The molecule has 1 N–H and O–H groups in total. The molecule has 0 aliphatic rings. The number of allylic oxidation sites excluding steroid dienone is 1. The van der Waals surface area contributed by atoms with E-state index in [2.05, 4.69) is 17.3 Å². The summed E-state index contributed by atoms with van der Waals surface area (Å²) in [4.78, 5) is 39.3. The Balaban J connectivity index is 1.66. The molecule has 0 aliphatic heterocycles. The molecule has 0 bridgehead atoms. The number of carbonyl (C=O) groups is 3. The van der Waals surface area contributed by atoms with Gasteiger partial charge in [-0.15, -0.1) is 11.8 Å². The SMILES string of the molecule is COC(=O)C(CC#CCCS(=O)c1ccc(C)cc1)(C/C=C/CC(=O)NN(c1ccccc1)c1ccccc1)C(=O)OC. The Kier molecular flexibility index (Phi) is 12.7. The summed E-state index contributed by atoms with van der Waals surface area (Å²) >= 11 is 0. The normalized spacial score (nSPS) is 11.6. The van der Waals surface area contributed by atoms with Gasteiger partial charge in [0.25, 0.3) is 0 Å². The number of esters is 2. The second kappa shape index (κ2) is 16.7. The van der Waals surface area contributed by atoms with Crippen LogP contribution in [0.4, 0.5) is 11.4 Å². The average molecular weight is 601 g/mol. The van der Waals surface area contributed by atoms with Gasteiger partial charge in [0.2, 0.25) is 5.91 Å². The van der Waals surface area contributed by atoms with E-state index in [4.69, 9.17) is 9.47 Å². The van der Waals surface area contributed by atoms with E-state index in [1.54, 1.807) is 17.2 Å². The summed E-state index contributed by atoms with van der Waals surface area (Å²) in [7, 11) is 1.17. The molecule has 1 unspecified atom stereocenters. The second-order valence-electron chi connectivity index (χ2n) is 9.63. The standard InChI is InChI=1S/C34H36N2O6S/c1-27-20-22-30(23-21-27)43(40)26-14-6-12-24-34(32(38)41-2,33(39)42-3)25-13-11-19-31(37)35-36(28-15-7-4-8-16-28)29-17-9-5-10-18-29/h4-5,7-11,13,15-18,20-23H,14,19,24-26H2,1-3H3,(H,35,37)/b13-11+. The molecule has 3 aromatic rings. The summed E-state index contributed by atoms with van der Waals surface area (Å²) in [5, 5.41) is 1.69. The van der Waals surface area contributed by atoms with Gasteiger partial charge in [0.1, 0.15) is 0 Å². The predicted molar refractivity (Wildman–Crippen MR) is 167 cm³/mol. The van der Waals surface area contributed by atoms with Gasteiger partial charge in [-0.2, -0.15) is 0 Å². The van der Waals surface area contributed by atoms with Crippen LogP contribution in [0.5, 0.6) is 0 Å². The minimum atomic E-state index is -1.71. The molecule has 3 aromatic carbocycles. The maximum absolute atomic E-state index is 12.9. The van der Waals surface area contributed by atoms with Crippen molar-refractivity contribution in [2.24, 2.45) is 5.41 Å². The first-order valence-corrected chi connectivity index (χ1v) is 15.0. The highest BCUT2D eigenvalue weighted by Crippen LogP contribution is 2.31. The van der Waals surface area contributed by atoms with Gasteiger partial charge in [-0.1, -0.05) is 66.2 Å². The number of aryl methyl sites for hydroxylation is 1. The third-order valence-corrected chi connectivity index (χ3v) is 7.94. The van der Waals surface area contributed by atoms with Crippen molar-refractivity contribution >= 4 is 40.0 Å². The van der Waals surface area contributed by atoms with E-state index in [1.165, 1.54) is 14.2 Å². The molecule has 9 heteroatoms. The molecule has 8 nitrogen and oxygen atoms in total. The fourth-order valence-corrected chi connectivity index (χ4v) is 5.15.